The monoisotopic (exact) mass is 540 g/mol. The van der Waals surface area contributed by atoms with Crippen molar-refractivity contribution in [1.29, 1.82) is 0 Å². The standard InChI is InChI=1S/C30H30F2N8/c1-19-5-7-20(8-6-19)9-12-40-18-25(24-13-21(31)15-36-30(24)40)28-35-16-26(32)29(39-28)38-23-4-2-3-22(14-23)37-27-17-33-10-11-34-27/h5-8,10-11,13,15-18,22-23H,2-4,9,12,14H2,1H3,(H,34,37)(H,35,38,39). The number of anilines is 2. The van der Waals surface area contributed by atoms with E-state index < -0.39 is 11.6 Å². The van der Waals surface area contributed by atoms with Gasteiger partial charge in [-0.3, -0.25) is 4.98 Å². The summed E-state index contributed by atoms with van der Waals surface area (Å²) in [4.78, 5) is 21.6. The molecule has 1 fully saturated rings. The summed E-state index contributed by atoms with van der Waals surface area (Å²) in [7, 11) is 0. The van der Waals surface area contributed by atoms with Gasteiger partial charge in [-0.05, 0) is 50.7 Å². The molecule has 4 aromatic heterocycles. The number of rotatable bonds is 8. The highest BCUT2D eigenvalue weighted by Gasteiger charge is 2.24. The van der Waals surface area contributed by atoms with Crippen LogP contribution in [-0.4, -0.2) is 41.6 Å². The van der Waals surface area contributed by atoms with E-state index in [1.165, 1.54) is 29.6 Å². The first kappa shape index (κ1) is 25.8. The van der Waals surface area contributed by atoms with Crippen LogP contribution in [0.4, 0.5) is 20.4 Å². The van der Waals surface area contributed by atoms with Crippen molar-refractivity contribution >= 4 is 22.7 Å². The van der Waals surface area contributed by atoms with Crippen molar-refractivity contribution in [2.24, 2.45) is 0 Å². The predicted molar refractivity (Wildman–Crippen MR) is 151 cm³/mol. The molecule has 2 unspecified atom stereocenters. The number of hydrogen-bond donors (Lipinski definition) is 2. The molecule has 8 nitrogen and oxygen atoms in total. The SMILES string of the molecule is Cc1ccc(CCn2cc(-c3ncc(F)c(NC4CCCC(Nc5cnccn5)C4)n3)c3cc(F)cnc32)cc1. The fourth-order valence-electron chi connectivity index (χ4n) is 5.32. The average Bonchev–Trinajstić information content (AvgIpc) is 3.32. The van der Waals surface area contributed by atoms with Crippen molar-refractivity contribution < 1.29 is 8.78 Å². The van der Waals surface area contributed by atoms with Gasteiger partial charge in [-0.15, -0.1) is 0 Å². The summed E-state index contributed by atoms with van der Waals surface area (Å²) in [6.45, 7) is 2.70. The molecule has 204 valence electrons. The van der Waals surface area contributed by atoms with E-state index in [9.17, 15) is 8.78 Å². The van der Waals surface area contributed by atoms with Crippen LogP contribution >= 0.6 is 0 Å². The maximum absolute atomic E-state index is 14.9. The highest BCUT2D eigenvalue weighted by Crippen LogP contribution is 2.30. The van der Waals surface area contributed by atoms with Gasteiger partial charge in [-0.1, -0.05) is 29.8 Å². The van der Waals surface area contributed by atoms with E-state index in [2.05, 4.69) is 66.7 Å². The molecule has 0 radical (unpaired) electrons. The third-order valence-corrected chi connectivity index (χ3v) is 7.36. The third kappa shape index (κ3) is 5.75. The van der Waals surface area contributed by atoms with Gasteiger partial charge in [0.1, 0.15) is 17.3 Å². The molecule has 0 spiro atoms. The Bertz CT molecular complexity index is 1600. The molecule has 2 N–H and O–H groups in total. The molecule has 0 bridgehead atoms. The van der Waals surface area contributed by atoms with E-state index in [1.807, 2.05) is 10.8 Å². The van der Waals surface area contributed by atoms with E-state index in [1.54, 1.807) is 18.6 Å². The Balaban J connectivity index is 1.24. The van der Waals surface area contributed by atoms with Crippen LogP contribution < -0.4 is 10.6 Å². The number of halogens is 2. The van der Waals surface area contributed by atoms with Gasteiger partial charge >= 0.3 is 0 Å². The van der Waals surface area contributed by atoms with E-state index >= 15 is 0 Å². The number of benzene rings is 1. The number of aromatic nitrogens is 6. The molecule has 1 aliphatic rings. The Morgan fingerprint density at radius 3 is 2.58 bits per heavy atom. The minimum absolute atomic E-state index is 0.0233. The Morgan fingerprint density at radius 1 is 0.950 bits per heavy atom. The largest absolute Gasteiger partial charge is 0.366 e. The summed E-state index contributed by atoms with van der Waals surface area (Å²) in [6.07, 6.45) is 13.7. The normalized spacial score (nSPS) is 17.2. The van der Waals surface area contributed by atoms with Gasteiger partial charge in [0.2, 0.25) is 0 Å². The van der Waals surface area contributed by atoms with Gasteiger partial charge in [0.25, 0.3) is 0 Å². The summed E-state index contributed by atoms with van der Waals surface area (Å²) < 4.78 is 31.2. The highest BCUT2D eigenvalue weighted by molar-refractivity contribution is 5.92. The second-order valence-electron chi connectivity index (χ2n) is 10.3. The van der Waals surface area contributed by atoms with Crippen molar-refractivity contribution in [2.75, 3.05) is 10.6 Å². The molecule has 1 aromatic carbocycles. The van der Waals surface area contributed by atoms with Gasteiger partial charge in [0.05, 0.1) is 18.6 Å². The van der Waals surface area contributed by atoms with E-state index in [-0.39, 0.29) is 17.9 Å². The van der Waals surface area contributed by atoms with E-state index in [4.69, 9.17) is 0 Å². The molecular weight excluding hydrogens is 510 g/mol. The van der Waals surface area contributed by atoms with Crippen molar-refractivity contribution in [1.82, 2.24) is 29.5 Å². The van der Waals surface area contributed by atoms with E-state index in [0.717, 1.165) is 37.9 Å². The molecule has 0 saturated heterocycles. The smallest absolute Gasteiger partial charge is 0.183 e. The molecule has 1 saturated carbocycles. The number of hydrogen-bond acceptors (Lipinski definition) is 7. The zero-order valence-electron chi connectivity index (χ0n) is 22.2. The third-order valence-electron chi connectivity index (χ3n) is 7.36. The summed E-state index contributed by atoms with van der Waals surface area (Å²) >= 11 is 0. The first-order valence-electron chi connectivity index (χ1n) is 13.5. The van der Waals surface area contributed by atoms with Crippen LogP contribution in [0.1, 0.15) is 36.8 Å². The van der Waals surface area contributed by atoms with Crippen LogP contribution in [0.15, 0.2) is 67.5 Å². The zero-order chi connectivity index (χ0) is 27.5. The lowest BCUT2D eigenvalue weighted by Crippen LogP contribution is -2.35. The molecule has 2 atom stereocenters. The summed E-state index contributed by atoms with van der Waals surface area (Å²) in [6, 6.07) is 10.0. The molecule has 40 heavy (non-hydrogen) atoms. The van der Waals surface area contributed by atoms with Crippen molar-refractivity contribution in [2.45, 2.75) is 57.7 Å². The molecule has 1 aliphatic carbocycles. The molecule has 4 heterocycles. The fraction of sp³-hybridized carbons (Fsp3) is 0.300. The van der Waals surface area contributed by atoms with Gasteiger partial charge < -0.3 is 15.2 Å². The molecule has 6 rings (SSSR count). The highest BCUT2D eigenvalue weighted by atomic mass is 19.1. The Labute approximate surface area is 231 Å². The lowest BCUT2D eigenvalue weighted by molar-refractivity contribution is 0.424. The Hall–Kier alpha value is -4.47. The maximum Gasteiger partial charge on any atom is 0.183 e. The van der Waals surface area contributed by atoms with Gasteiger partial charge in [0.15, 0.2) is 17.5 Å². The van der Waals surface area contributed by atoms with Crippen LogP contribution in [0.25, 0.3) is 22.4 Å². The zero-order valence-corrected chi connectivity index (χ0v) is 22.2. The minimum Gasteiger partial charge on any atom is -0.366 e. The van der Waals surface area contributed by atoms with Crippen LogP contribution in [0, 0.1) is 18.6 Å². The molecule has 0 amide bonds. The fourth-order valence-corrected chi connectivity index (χ4v) is 5.32. The first-order valence-corrected chi connectivity index (χ1v) is 13.5. The number of aryl methyl sites for hydroxylation is 3. The molecule has 0 aliphatic heterocycles. The van der Waals surface area contributed by atoms with Crippen molar-refractivity contribution in [3.8, 4) is 11.4 Å². The second-order valence-corrected chi connectivity index (χ2v) is 10.3. The second kappa shape index (κ2) is 11.3. The predicted octanol–water partition coefficient (Wildman–Crippen LogP) is 5.95. The number of nitrogens with one attached hydrogen (secondary N) is 2. The summed E-state index contributed by atoms with van der Waals surface area (Å²) in [5, 5.41) is 7.30. The summed E-state index contributed by atoms with van der Waals surface area (Å²) in [5.74, 6) is 0.207. The average molecular weight is 541 g/mol. The molecule has 10 heteroatoms. The Morgan fingerprint density at radius 2 is 1.77 bits per heavy atom. The van der Waals surface area contributed by atoms with Crippen molar-refractivity contribution in [3.05, 3.63) is 90.3 Å². The lowest BCUT2D eigenvalue weighted by Gasteiger charge is -2.31. The van der Waals surface area contributed by atoms with Gasteiger partial charge in [-0.25, -0.2) is 28.7 Å². The van der Waals surface area contributed by atoms with Crippen LogP contribution in [0.3, 0.4) is 0 Å². The maximum atomic E-state index is 14.9. The number of nitrogens with zero attached hydrogens (tertiary/aromatic N) is 6. The van der Waals surface area contributed by atoms with Crippen LogP contribution in [0.2, 0.25) is 0 Å². The first-order chi connectivity index (χ1) is 19.5. The Kier molecular flexibility index (Phi) is 7.31. The topological polar surface area (TPSA) is 93.4 Å². The number of fused-ring (bicyclic) bond motifs is 1. The molecule has 5 aromatic rings. The van der Waals surface area contributed by atoms with Gasteiger partial charge in [-0.2, -0.15) is 0 Å². The number of pyridine rings is 1. The van der Waals surface area contributed by atoms with Crippen molar-refractivity contribution in [3.63, 3.8) is 0 Å². The summed E-state index contributed by atoms with van der Waals surface area (Å²) in [5.41, 5.74) is 3.65. The molecular formula is C30H30F2N8. The van der Waals surface area contributed by atoms with Crippen LogP contribution in [-0.2, 0) is 13.0 Å². The lowest BCUT2D eigenvalue weighted by atomic mass is 9.91. The quantitative estimate of drug-likeness (QED) is 0.251. The van der Waals surface area contributed by atoms with Gasteiger partial charge in [0, 0.05) is 48.2 Å². The van der Waals surface area contributed by atoms with E-state index in [0.29, 0.717) is 29.0 Å². The minimum atomic E-state index is -0.528. The van der Waals surface area contributed by atoms with Crippen LogP contribution in [0.5, 0.6) is 0 Å².